The van der Waals surface area contributed by atoms with Crippen molar-refractivity contribution in [3.05, 3.63) is 0 Å². The first-order valence-corrected chi connectivity index (χ1v) is 4.87. The van der Waals surface area contributed by atoms with Crippen molar-refractivity contribution in [3.8, 4) is 0 Å². The molecule has 5 heteroatoms. The van der Waals surface area contributed by atoms with Gasteiger partial charge in [-0.1, -0.05) is 6.42 Å². The molecule has 1 rings (SSSR count). The van der Waals surface area contributed by atoms with Gasteiger partial charge in [-0.25, -0.2) is 0 Å². The summed E-state index contributed by atoms with van der Waals surface area (Å²) >= 11 is 0. The van der Waals surface area contributed by atoms with E-state index in [9.17, 15) is 4.79 Å². The molecule has 0 bridgehead atoms. The molecule has 0 aliphatic carbocycles. The van der Waals surface area contributed by atoms with Crippen LogP contribution in [0.2, 0.25) is 0 Å². The highest BCUT2D eigenvalue weighted by molar-refractivity contribution is 5.75. The fourth-order valence-electron chi connectivity index (χ4n) is 0.961. The van der Waals surface area contributed by atoms with Crippen LogP contribution in [0.4, 0.5) is 0 Å². The van der Waals surface area contributed by atoms with Crippen LogP contribution in [0.1, 0.15) is 25.7 Å². The van der Waals surface area contributed by atoms with E-state index in [1.165, 1.54) is 6.42 Å². The van der Waals surface area contributed by atoms with Crippen LogP contribution in [0.25, 0.3) is 0 Å². The van der Waals surface area contributed by atoms with Crippen LogP contribution in [0, 0.1) is 0 Å². The maximum Gasteiger partial charge on any atom is 0.219 e. The van der Waals surface area contributed by atoms with E-state index < -0.39 is 6.10 Å². The van der Waals surface area contributed by atoms with Crippen LogP contribution in [-0.2, 0) is 4.79 Å². The van der Waals surface area contributed by atoms with Gasteiger partial charge in [0, 0.05) is 13.0 Å². The normalized spacial score (nSPS) is 16.7. The van der Waals surface area contributed by atoms with Crippen molar-refractivity contribution < 1.29 is 20.1 Å². The van der Waals surface area contributed by atoms with Crippen molar-refractivity contribution in [2.45, 2.75) is 31.8 Å². The Kier molecular flexibility index (Phi) is 8.51. The van der Waals surface area contributed by atoms with Crippen molar-refractivity contribution in [2.75, 3.05) is 19.8 Å². The maximum atomic E-state index is 10.6. The summed E-state index contributed by atoms with van der Waals surface area (Å²) in [6.07, 6.45) is 3.22. The predicted molar refractivity (Wildman–Crippen MR) is 51.7 cm³/mol. The predicted octanol–water partition coefficient (Wildman–Crippen LogP) is -0.992. The lowest BCUT2D eigenvalue weighted by molar-refractivity contribution is -0.120. The summed E-state index contributed by atoms with van der Waals surface area (Å²) in [5, 5.41) is 26.8. The topological polar surface area (TPSA) is 89.8 Å². The molecule has 0 radical (unpaired) electrons. The molecule has 0 unspecified atom stereocenters. The summed E-state index contributed by atoms with van der Waals surface area (Å²) in [7, 11) is 0. The third-order valence-corrected chi connectivity index (χ3v) is 1.82. The quantitative estimate of drug-likeness (QED) is 0.466. The summed E-state index contributed by atoms with van der Waals surface area (Å²) in [5.41, 5.74) is 0. The molecule has 0 atom stereocenters. The third kappa shape index (κ3) is 7.97. The van der Waals surface area contributed by atoms with Crippen LogP contribution in [0.5, 0.6) is 0 Å². The van der Waals surface area contributed by atoms with Gasteiger partial charge in [-0.2, -0.15) is 0 Å². The highest BCUT2D eigenvalue weighted by atomic mass is 16.3. The summed E-state index contributed by atoms with van der Waals surface area (Å²) in [5.74, 6) is 0.225. The Morgan fingerprint density at radius 3 is 2.36 bits per heavy atom. The van der Waals surface area contributed by atoms with E-state index in [2.05, 4.69) is 5.32 Å². The number of hydrogen-bond acceptors (Lipinski definition) is 4. The molecule has 1 amide bonds. The molecule has 1 heterocycles. The number of rotatable bonds is 2. The standard InChI is InChI=1S/C6H11NO.C3H8O3/c8-6-4-2-1-3-5-7-6;4-1-3(6)2-5/h1-5H2,(H,7,8);3-6H,1-2H2. The Labute approximate surface area is 83.8 Å². The molecule has 1 saturated heterocycles. The van der Waals surface area contributed by atoms with Gasteiger partial charge in [0.2, 0.25) is 5.91 Å². The summed E-state index contributed by atoms with van der Waals surface area (Å²) in [6, 6.07) is 0. The van der Waals surface area contributed by atoms with Gasteiger partial charge < -0.3 is 20.6 Å². The zero-order valence-corrected chi connectivity index (χ0v) is 8.28. The van der Waals surface area contributed by atoms with E-state index in [0.29, 0.717) is 0 Å². The van der Waals surface area contributed by atoms with E-state index in [1.807, 2.05) is 0 Å². The van der Waals surface area contributed by atoms with Crippen molar-refractivity contribution in [1.82, 2.24) is 5.32 Å². The Morgan fingerprint density at radius 2 is 1.86 bits per heavy atom. The van der Waals surface area contributed by atoms with Gasteiger partial charge in [0.05, 0.1) is 13.2 Å². The van der Waals surface area contributed by atoms with Crippen LogP contribution in [0.15, 0.2) is 0 Å². The van der Waals surface area contributed by atoms with Gasteiger partial charge in [-0.05, 0) is 12.8 Å². The fraction of sp³-hybridized carbons (Fsp3) is 0.889. The first-order chi connectivity index (χ1) is 6.70. The van der Waals surface area contributed by atoms with Crippen LogP contribution >= 0.6 is 0 Å². The zero-order valence-electron chi connectivity index (χ0n) is 8.28. The average molecular weight is 205 g/mol. The van der Waals surface area contributed by atoms with Gasteiger partial charge in [0.25, 0.3) is 0 Å². The minimum Gasteiger partial charge on any atom is -0.394 e. The molecular weight excluding hydrogens is 186 g/mol. The largest absolute Gasteiger partial charge is 0.394 e. The van der Waals surface area contributed by atoms with E-state index in [0.717, 1.165) is 25.8 Å². The lowest BCUT2D eigenvalue weighted by atomic mass is 10.2. The number of carbonyl (C=O) groups excluding carboxylic acids is 1. The molecule has 4 N–H and O–H groups in total. The highest BCUT2D eigenvalue weighted by Crippen LogP contribution is 2.02. The Bertz CT molecular complexity index is 138. The van der Waals surface area contributed by atoms with Gasteiger partial charge in [0.15, 0.2) is 0 Å². The van der Waals surface area contributed by atoms with E-state index in [-0.39, 0.29) is 19.1 Å². The van der Waals surface area contributed by atoms with Crippen LogP contribution < -0.4 is 5.32 Å². The van der Waals surface area contributed by atoms with E-state index in [1.54, 1.807) is 0 Å². The monoisotopic (exact) mass is 205 g/mol. The first-order valence-electron chi connectivity index (χ1n) is 4.87. The molecule has 0 aromatic carbocycles. The van der Waals surface area contributed by atoms with Crippen molar-refractivity contribution >= 4 is 5.91 Å². The number of hydrogen-bond donors (Lipinski definition) is 4. The van der Waals surface area contributed by atoms with E-state index >= 15 is 0 Å². The summed E-state index contributed by atoms with van der Waals surface area (Å²) in [4.78, 5) is 10.6. The Hall–Kier alpha value is -0.650. The van der Waals surface area contributed by atoms with Gasteiger partial charge in [-0.15, -0.1) is 0 Å². The number of carbonyl (C=O) groups is 1. The minimum atomic E-state index is -0.954. The van der Waals surface area contributed by atoms with Crippen molar-refractivity contribution in [2.24, 2.45) is 0 Å². The first kappa shape index (κ1) is 13.4. The number of aliphatic hydroxyl groups is 3. The second kappa shape index (κ2) is 8.93. The summed E-state index contributed by atoms with van der Waals surface area (Å²) in [6.45, 7) is 0.159. The SMILES string of the molecule is O=C1CCCCCN1.OCC(O)CO. The highest BCUT2D eigenvalue weighted by Gasteiger charge is 2.03. The van der Waals surface area contributed by atoms with Crippen molar-refractivity contribution in [1.29, 1.82) is 0 Å². The van der Waals surface area contributed by atoms with Crippen LogP contribution in [0.3, 0.4) is 0 Å². The minimum absolute atomic E-state index is 0.225. The molecule has 84 valence electrons. The summed E-state index contributed by atoms with van der Waals surface area (Å²) < 4.78 is 0. The van der Waals surface area contributed by atoms with E-state index in [4.69, 9.17) is 15.3 Å². The number of nitrogens with one attached hydrogen (secondary N) is 1. The zero-order chi connectivity index (χ0) is 10.8. The Morgan fingerprint density at radius 1 is 1.21 bits per heavy atom. The smallest absolute Gasteiger partial charge is 0.219 e. The fourth-order valence-corrected chi connectivity index (χ4v) is 0.961. The molecule has 14 heavy (non-hydrogen) atoms. The van der Waals surface area contributed by atoms with Gasteiger partial charge >= 0.3 is 0 Å². The molecule has 1 aliphatic heterocycles. The molecule has 1 aliphatic rings. The lowest BCUT2D eigenvalue weighted by Gasteiger charge is -1.96. The Balaban J connectivity index is 0.000000255. The second-order valence-electron chi connectivity index (χ2n) is 3.18. The second-order valence-corrected chi connectivity index (χ2v) is 3.18. The molecule has 0 saturated carbocycles. The van der Waals surface area contributed by atoms with Crippen LogP contribution in [-0.4, -0.2) is 47.1 Å². The number of aliphatic hydroxyl groups excluding tert-OH is 3. The average Bonchev–Trinajstić information content (AvgIpc) is 2.45. The third-order valence-electron chi connectivity index (χ3n) is 1.82. The number of amides is 1. The molecule has 5 nitrogen and oxygen atoms in total. The molecule has 0 spiro atoms. The lowest BCUT2D eigenvalue weighted by Crippen LogP contribution is -2.21. The van der Waals surface area contributed by atoms with Crippen molar-refractivity contribution in [3.63, 3.8) is 0 Å². The molecule has 0 aromatic rings. The van der Waals surface area contributed by atoms with Gasteiger partial charge in [-0.3, -0.25) is 4.79 Å². The molecular formula is C9H19NO4. The molecule has 0 aromatic heterocycles. The maximum absolute atomic E-state index is 10.6. The van der Waals surface area contributed by atoms with Gasteiger partial charge in [0.1, 0.15) is 6.10 Å². The molecule has 1 fully saturated rings.